The van der Waals surface area contributed by atoms with Crippen LogP contribution in [0.2, 0.25) is 0 Å². The third kappa shape index (κ3) is 2.00. The Bertz CT molecular complexity index is 577. The maximum atomic E-state index is 13.4. The van der Waals surface area contributed by atoms with Gasteiger partial charge in [-0.1, -0.05) is 13.8 Å². The number of imidazole rings is 1. The monoisotopic (exact) mass is 236 g/mol. The number of nitrogens with zero attached hydrogens (tertiary/aromatic N) is 1. The average Bonchev–Trinajstić information content (AvgIpc) is 2.69. The van der Waals surface area contributed by atoms with Crippen LogP contribution in [0.15, 0.2) is 12.1 Å². The molecule has 1 heterocycles. The number of halogens is 1. The highest BCUT2D eigenvalue weighted by Gasteiger charge is 2.15. The molecule has 2 rings (SSSR count). The van der Waals surface area contributed by atoms with E-state index in [4.69, 9.17) is 5.11 Å². The molecule has 0 aliphatic heterocycles. The molecule has 0 amide bonds. The van der Waals surface area contributed by atoms with E-state index in [1.54, 1.807) is 0 Å². The number of rotatable bonds is 3. The first kappa shape index (κ1) is 11.6. The molecule has 0 spiro atoms. The largest absolute Gasteiger partial charge is 0.478 e. The average molecular weight is 236 g/mol. The van der Waals surface area contributed by atoms with Crippen molar-refractivity contribution in [2.45, 2.75) is 26.2 Å². The van der Waals surface area contributed by atoms with Gasteiger partial charge in [-0.05, 0) is 12.5 Å². The highest BCUT2D eigenvalue weighted by Crippen LogP contribution is 2.22. The van der Waals surface area contributed by atoms with Crippen molar-refractivity contribution in [2.75, 3.05) is 0 Å². The van der Waals surface area contributed by atoms with Gasteiger partial charge in [-0.2, -0.15) is 0 Å². The number of hydrogen-bond acceptors (Lipinski definition) is 2. The van der Waals surface area contributed by atoms with Crippen LogP contribution in [0.5, 0.6) is 0 Å². The summed E-state index contributed by atoms with van der Waals surface area (Å²) < 4.78 is 13.4. The topological polar surface area (TPSA) is 66.0 Å². The van der Waals surface area contributed by atoms with Gasteiger partial charge in [0, 0.05) is 12.0 Å². The van der Waals surface area contributed by atoms with Crippen LogP contribution in [0.25, 0.3) is 11.0 Å². The molecule has 90 valence electrons. The zero-order chi connectivity index (χ0) is 12.6. The number of aromatic carboxylic acids is 1. The highest BCUT2D eigenvalue weighted by molar-refractivity contribution is 5.92. The normalized spacial score (nSPS) is 12.9. The molecule has 1 aromatic carbocycles. The number of benzene rings is 1. The van der Waals surface area contributed by atoms with Crippen LogP contribution < -0.4 is 0 Å². The Hall–Kier alpha value is -1.91. The summed E-state index contributed by atoms with van der Waals surface area (Å²) in [7, 11) is 0. The third-order valence-corrected chi connectivity index (χ3v) is 2.90. The number of H-pyrrole nitrogens is 1. The molecule has 0 aliphatic rings. The Kier molecular flexibility index (Phi) is 2.83. The van der Waals surface area contributed by atoms with E-state index in [1.165, 1.54) is 12.1 Å². The van der Waals surface area contributed by atoms with Gasteiger partial charge in [0.2, 0.25) is 0 Å². The molecule has 0 aliphatic carbocycles. The highest BCUT2D eigenvalue weighted by atomic mass is 19.1. The van der Waals surface area contributed by atoms with Crippen LogP contribution >= 0.6 is 0 Å². The molecule has 2 aromatic rings. The molecule has 17 heavy (non-hydrogen) atoms. The van der Waals surface area contributed by atoms with E-state index in [9.17, 15) is 9.18 Å². The Balaban J connectivity index is 2.58. The van der Waals surface area contributed by atoms with Crippen LogP contribution in [0.3, 0.4) is 0 Å². The summed E-state index contributed by atoms with van der Waals surface area (Å²) in [6.07, 6.45) is 0.911. The van der Waals surface area contributed by atoms with Crippen molar-refractivity contribution in [3.05, 3.63) is 29.3 Å². The zero-order valence-corrected chi connectivity index (χ0v) is 9.62. The van der Waals surface area contributed by atoms with Gasteiger partial charge < -0.3 is 10.1 Å². The molecule has 1 atom stereocenters. The van der Waals surface area contributed by atoms with Gasteiger partial charge >= 0.3 is 5.97 Å². The summed E-state index contributed by atoms with van der Waals surface area (Å²) in [5, 5.41) is 8.81. The second-order valence-corrected chi connectivity index (χ2v) is 4.09. The Labute approximate surface area is 97.5 Å². The minimum absolute atomic E-state index is 0.235. The van der Waals surface area contributed by atoms with E-state index in [0.29, 0.717) is 11.0 Å². The van der Waals surface area contributed by atoms with Crippen molar-refractivity contribution in [3.8, 4) is 0 Å². The number of fused-ring (bicyclic) bond motifs is 1. The van der Waals surface area contributed by atoms with E-state index in [2.05, 4.69) is 9.97 Å². The minimum atomic E-state index is -1.28. The van der Waals surface area contributed by atoms with Crippen molar-refractivity contribution in [3.63, 3.8) is 0 Å². The molecule has 0 saturated heterocycles. The second kappa shape index (κ2) is 4.16. The summed E-state index contributed by atoms with van der Waals surface area (Å²) in [6, 6.07) is 2.44. The van der Waals surface area contributed by atoms with Crippen LogP contribution in [0, 0.1) is 5.82 Å². The van der Waals surface area contributed by atoms with E-state index >= 15 is 0 Å². The lowest BCUT2D eigenvalue weighted by Gasteiger charge is -2.01. The Morgan fingerprint density at radius 3 is 2.88 bits per heavy atom. The molecular weight excluding hydrogens is 223 g/mol. The van der Waals surface area contributed by atoms with Crippen molar-refractivity contribution >= 4 is 17.0 Å². The number of carboxylic acids is 1. The lowest BCUT2D eigenvalue weighted by Crippen LogP contribution is -1.99. The predicted octanol–water partition coefficient (Wildman–Crippen LogP) is 2.91. The predicted molar refractivity (Wildman–Crippen MR) is 61.7 cm³/mol. The van der Waals surface area contributed by atoms with Crippen LogP contribution in [0.1, 0.15) is 42.4 Å². The van der Waals surface area contributed by atoms with Crippen molar-refractivity contribution < 1.29 is 14.3 Å². The fourth-order valence-electron chi connectivity index (χ4n) is 1.64. The summed E-state index contributed by atoms with van der Waals surface area (Å²) in [6.45, 7) is 4.04. The fourth-order valence-corrected chi connectivity index (χ4v) is 1.64. The van der Waals surface area contributed by atoms with Crippen molar-refractivity contribution in [1.82, 2.24) is 9.97 Å². The van der Waals surface area contributed by atoms with E-state index in [1.807, 2.05) is 13.8 Å². The molecule has 4 nitrogen and oxygen atoms in total. The van der Waals surface area contributed by atoms with Gasteiger partial charge in [-0.15, -0.1) is 0 Å². The van der Waals surface area contributed by atoms with Gasteiger partial charge in [0.05, 0.1) is 16.6 Å². The first-order valence-corrected chi connectivity index (χ1v) is 5.45. The van der Waals surface area contributed by atoms with Gasteiger partial charge in [-0.25, -0.2) is 14.2 Å². The smallest absolute Gasteiger partial charge is 0.338 e. The SMILES string of the molecule is CCC(C)c1nc2cc(C(=O)O)c(F)cc2[nH]1. The molecule has 1 aromatic heterocycles. The zero-order valence-electron chi connectivity index (χ0n) is 9.62. The molecule has 5 heteroatoms. The molecule has 2 N–H and O–H groups in total. The van der Waals surface area contributed by atoms with Crippen LogP contribution in [-0.4, -0.2) is 21.0 Å². The van der Waals surface area contributed by atoms with Crippen molar-refractivity contribution in [2.24, 2.45) is 0 Å². The lowest BCUT2D eigenvalue weighted by atomic mass is 10.1. The van der Waals surface area contributed by atoms with Crippen molar-refractivity contribution in [1.29, 1.82) is 0 Å². The Morgan fingerprint density at radius 2 is 2.29 bits per heavy atom. The lowest BCUT2D eigenvalue weighted by molar-refractivity contribution is 0.0692. The molecule has 0 fully saturated rings. The first-order valence-electron chi connectivity index (χ1n) is 5.45. The second-order valence-electron chi connectivity index (χ2n) is 4.09. The molecule has 0 radical (unpaired) electrons. The summed E-state index contributed by atoms with van der Waals surface area (Å²) in [5.74, 6) is -1.04. The maximum Gasteiger partial charge on any atom is 0.338 e. The van der Waals surface area contributed by atoms with Crippen LogP contribution in [-0.2, 0) is 0 Å². The molecular formula is C12H13FN2O2. The Morgan fingerprint density at radius 1 is 1.59 bits per heavy atom. The van der Waals surface area contributed by atoms with E-state index in [-0.39, 0.29) is 11.5 Å². The number of aromatic nitrogens is 2. The summed E-state index contributed by atoms with van der Waals surface area (Å²) in [4.78, 5) is 18.1. The minimum Gasteiger partial charge on any atom is -0.478 e. The number of hydrogen-bond donors (Lipinski definition) is 2. The quantitative estimate of drug-likeness (QED) is 0.861. The summed E-state index contributed by atoms with van der Waals surface area (Å²) >= 11 is 0. The number of aromatic amines is 1. The fraction of sp³-hybridized carbons (Fsp3) is 0.333. The van der Waals surface area contributed by atoms with Gasteiger partial charge in [0.1, 0.15) is 11.6 Å². The number of nitrogens with one attached hydrogen (secondary N) is 1. The van der Waals surface area contributed by atoms with Crippen LogP contribution in [0.4, 0.5) is 4.39 Å². The molecule has 0 bridgehead atoms. The number of carboxylic acid groups (broad SMARTS) is 1. The van der Waals surface area contributed by atoms with Gasteiger partial charge in [0.25, 0.3) is 0 Å². The van der Waals surface area contributed by atoms with E-state index < -0.39 is 11.8 Å². The molecule has 1 unspecified atom stereocenters. The third-order valence-electron chi connectivity index (χ3n) is 2.90. The molecule has 0 saturated carbocycles. The standard InChI is InChI=1S/C12H13FN2O2/c1-3-6(2)11-14-9-4-7(12(16)17)8(13)5-10(9)15-11/h4-6H,3H2,1-2H3,(H,14,15)(H,16,17). The van der Waals surface area contributed by atoms with Gasteiger partial charge in [0.15, 0.2) is 0 Å². The van der Waals surface area contributed by atoms with E-state index in [0.717, 1.165) is 12.2 Å². The number of carbonyl (C=O) groups is 1. The summed E-state index contributed by atoms with van der Waals surface area (Å²) in [5.41, 5.74) is 0.668. The first-order chi connectivity index (χ1) is 8.02. The van der Waals surface area contributed by atoms with Gasteiger partial charge in [-0.3, -0.25) is 0 Å². The maximum absolute atomic E-state index is 13.4.